The van der Waals surface area contributed by atoms with Crippen LogP contribution in [-0.4, -0.2) is 45.9 Å². The Morgan fingerprint density at radius 1 is 1.21 bits per heavy atom. The topological polar surface area (TPSA) is 67.2 Å². The Hall–Kier alpha value is -2.70. The molecule has 1 aromatic heterocycles. The van der Waals surface area contributed by atoms with Crippen molar-refractivity contribution in [1.82, 2.24) is 19.8 Å². The van der Waals surface area contributed by atoms with Crippen molar-refractivity contribution in [1.29, 1.82) is 0 Å². The van der Waals surface area contributed by atoms with Crippen molar-refractivity contribution in [2.45, 2.75) is 45.4 Å². The Kier molecular flexibility index (Phi) is 7.38. The normalized spacial score (nSPS) is 16.6. The number of likely N-dealkylation sites (tertiary alicyclic amines) is 1. The van der Waals surface area contributed by atoms with E-state index in [-0.39, 0.29) is 23.5 Å². The van der Waals surface area contributed by atoms with Crippen LogP contribution in [0.1, 0.15) is 55.9 Å². The van der Waals surface area contributed by atoms with E-state index in [0.29, 0.717) is 31.0 Å². The number of aromatic nitrogens is 2. The molecule has 1 saturated heterocycles. The van der Waals surface area contributed by atoms with Gasteiger partial charge in [0.05, 0.1) is 18.4 Å². The number of nitrogens with one attached hydrogen (secondary N) is 1. The standard InChI is InChI=1S/C22H29FN4O2/c1-2-3-4-5-12-25-21(28)17-7-6-13-26(15-17)22(29)20-14-24-16-27(20)19-10-8-18(23)9-11-19/h8-11,14,16-17H,2-7,12-13,15H2,1H3,(H,25,28). The van der Waals surface area contributed by atoms with E-state index in [4.69, 9.17) is 0 Å². The number of rotatable bonds is 8. The molecule has 1 aliphatic rings. The third-order valence-electron chi connectivity index (χ3n) is 5.37. The fourth-order valence-corrected chi connectivity index (χ4v) is 3.71. The molecule has 6 nitrogen and oxygen atoms in total. The van der Waals surface area contributed by atoms with Gasteiger partial charge in [-0.2, -0.15) is 0 Å². The van der Waals surface area contributed by atoms with Gasteiger partial charge in [0.25, 0.3) is 5.91 Å². The van der Waals surface area contributed by atoms with Crippen molar-refractivity contribution in [2.24, 2.45) is 5.92 Å². The van der Waals surface area contributed by atoms with E-state index in [0.717, 1.165) is 25.7 Å². The molecule has 1 aliphatic heterocycles. The molecule has 2 aromatic rings. The number of halogens is 1. The molecule has 3 rings (SSSR count). The fraction of sp³-hybridized carbons (Fsp3) is 0.500. The molecular weight excluding hydrogens is 371 g/mol. The first kappa shape index (κ1) is 21.0. The van der Waals surface area contributed by atoms with Crippen LogP contribution >= 0.6 is 0 Å². The summed E-state index contributed by atoms with van der Waals surface area (Å²) in [5.41, 5.74) is 1.09. The number of carbonyl (C=O) groups excluding carboxylic acids is 2. The number of nitrogens with zero attached hydrogens (tertiary/aromatic N) is 3. The summed E-state index contributed by atoms with van der Waals surface area (Å²) < 4.78 is 14.9. The highest BCUT2D eigenvalue weighted by Gasteiger charge is 2.30. The van der Waals surface area contributed by atoms with Gasteiger partial charge in [0, 0.05) is 25.3 Å². The molecule has 1 N–H and O–H groups in total. The first-order chi connectivity index (χ1) is 14.1. The van der Waals surface area contributed by atoms with E-state index in [1.54, 1.807) is 27.9 Å². The van der Waals surface area contributed by atoms with Gasteiger partial charge in [0.1, 0.15) is 11.5 Å². The van der Waals surface area contributed by atoms with E-state index >= 15 is 0 Å². The number of unbranched alkanes of at least 4 members (excludes halogenated alkanes) is 3. The van der Waals surface area contributed by atoms with E-state index in [9.17, 15) is 14.0 Å². The van der Waals surface area contributed by atoms with Gasteiger partial charge in [-0.25, -0.2) is 9.37 Å². The predicted octanol–water partition coefficient (Wildman–Crippen LogP) is 3.56. The van der Waals surface area contributed by atoms with Crippen LogP contribution in [0.15, 0.2) is 36.8 Å². The maximum atomic E-state index is 13.2. The SMILES string of the molecule is CCCCCCNC(=O)C1CCCN(C(=O)c2cncn2-c2ccc(F)cc2)C1. The fourth-order valence-electron chi connectivity index (χ4n) is 3.71. The lowest BCUT2D eigenvalue weighted by molar-refractivity contribution is -0.126. The molecule has 1 fully saturated rings. The number of amides is 2. The molecule has 7 heteroatoms. The minimum Gasteiger partial charge on any atom is -0.356 e. The van der Waals surface area contributed by atoms with Crippen molar-refractivity contribution >= 4 is 11.8 Å². The lowest BCUT2D eigenvalue weighted by Gasteiger charge is -2.32. The van der Waals surface area contributed by atoms with Gasteiger partial charge in [0.2, 0.25) is 5.91 Å². The monoisotopic (exact) mass is 400 g/mol. The average Bonchev–Trinajstić information content (AvgIpc) is 3.23. The van der Waals surface area contributed by atoms with Gasteiger partial charge < -0.3 is 10.2 Å². The zero-order valence-corrected chi connectivity index (χ0v) is 16.9. The van der Waals surface area contributed by atoms with Gasteiger partial charge >= 0.3 is 0 Å². The summed E-state index contributed by atoms with van der Waals surface area (Å²) in [7, 11) is 0. The number of hydrogen-bond donors (Lipinski definition) is 1. The molecule has 1 aromatic carbocycles. The molecule has 156 valence electrons. The summed E-state index contributed by atoms with van der Waals surface area (Å²) in [4.78, 5) is 31.4. The molecule has 0 bridgehead atoms. The first-order valence-corrected chi connectivity index (χ1v) is 10.5. The van der Waals surface area contributed by atoms with Crippen molar-refractivity contribution in [3.05, 3.63) is 48.3 Å². The third-order valence-corrected chi connectivity index (χ3v) is 5.37. The number of imidazole rings is 1. The summed E-state index contributed by atoms with van der Waals surface area (Å²) >= 11 is 0. The van der Waals surface area contributed by atoms with Crippen molar-refractivity contribution in [2.75, 3.05) is 19.6 Å². The third kappa shape index (κ3) is 5.43. The molecule has 0 radical (unpaired) electrons. The van der Waals surface area contributed by atoms with Gasteiger partial charge in [-0.15, -0.1) is 0 Å². The molecule has 1 atom stereocenters. The number of piperidine rings is 1. The highest BCUT2D eigenvalue weighted by atomic mass is 19.1. The smallest absolute Gasteiger partial charge is 0.272 e. The zero-order valence-electron chi connectivity index (χ0n) is 16.9. The summed E-state index contributed by atoms with van der Waals surface area (Å²) in [6, 6.07) is 5.92. The Morgan fingerprint density at radius 3 is 2.76 bits per heavy atom. The number of hydrogen-bond acceptors (Lipinski definition) is 3. The summed E-state index contributed by atoms with van der Waals surface area (Å²) in [5, 5.41) is 3.02. The Bertz CT molecular complexity index is 818. The largest absolute Gasteiger partial charge is 0.356 e. The minimum atomic E-state index is -0.332. The maximum Gasteiger partial charge on any atom is 0.272 e. The Balaban J connectivity index is 1.61. The second kappa shape index (κ2) is 10.2. The summed E-state index contributed by atoms with van der Waals surface area (Å²) in [5.74, 6) is -0.638. The van der Waals surface area contributed by atoms with E-state index in [2.05, 4.69) is 17.2 Å². The van der Waals surface area contributed by atoms with Gasteiger partial charge in [-0.1, -0.05) is 26.2 Å². The zero-order chi connectivity index (χ0) is 20.6. The van der Waals surface area contributed by atoms with Crippen LogP contribution in [0, 0.1) is 11.7 Å². The van der Waals surface area contributed by atoms with E-state index in [1.807, 2.05) is 0 Å². The molecule has 29 heavy (non-hydrogen) atoms. The lowest BCUT2D eigenvalue weighted by Crippen LogP contribution is -2.46. The molecule has 0 saturated carbocycles. The highest BCUT2D eigenvalue weighted by Crippen LogP contribution is 2.20. The van der Waals surface area contributed by atoms with Crippen LogP contribution in [0.5, 0.6) is 0 Å². The van der Waals surface area contributed by atoms with Crippen molar-refractivity contribution < 1.29 is 14.0 Å². The first-order valence-electron chi connectivity index (χ1n) is 10.5. The average molecular weight is 400 g/mol. The molecule has 0 aliphatic carbocycles. The van der Waals surface area contributed by atoms with Crippen LogP contribution in [0.3, 0.4) is 0 Å². The summed E-state index contributed by atoms with van der Waals surface area (Å²) in [6.07, 6.45) is 9.12. The van der Waals surface area contributed by atoms with Crippen LogP contribution in [0.4, 0.5) is 4.39 Å². The number of benzene rings is 1. The highest BCUT2D eigenvalue weighted by molar-refractivity contribution is 5.93. The van der Waals surface area contributed by atoms with E-state index in [1.165, 1.54) is 31.2 Å². The Labute approximate surface area is 171 Å². The van der Waals surface area contributed by atoms with Gasteiger partial charge in [-0.05, 0) is 43.5 Å². The van der Waals surface area contributed by atoms with E-state index < -0.39 is 0 Å². The molecule has 2 amide bonds. The van der Waals surface area contributed by atoms with Crippen LogP contribution in [0.2, 0.25) is 0 Å². The molecule has 2 heterocycles. The van der Waals surface area contributed by atoms with Gasteiger partial charge in [0.15, 0.2) is 0 Å². The molecular formula is C22H29FN4O2. The second-order valence-electron chi connectivity index (χ2n) is 7.57. The van der Waals surface area contributed by atoms with Crippen molar-refractivity contribution in [3.63, 3.8) is 0 Å². The lowest BCUT2D eigenvalue weighted by atomic mass is 9.96. The molecule has 0 spiro atoms. The Morgan fingerprint density at radius 2 is 2.00 bits per heavy atom. The number of carbonyl (C=O) groups is 2. The summed E-state index contributed by atoms with van der Waals surface area (Å²) in [6.45, 7) is 3.89. The van der Waals surface area contributed by atoms with Crippen molar-refractivity contribution in [3.8, 4) is 5.69 Å². The quantitative estimate of drug-likeness (QED) is 0.689. The maximum absolute atomic E-state index is 13.2. The van der Waals surface area contributed by atoms with Crippen LogP contribution in [-0.2, 0) is 4.79 Å². The minimum absolute atomic E-state index is 0.0334. The molecule has 1 unspecified atom stereocenters. The second-order valence-corrected chi connectivity index (χ2v) is 7.57. The van der Waals surface area contributed by atoms with Crippen LogP contribution < -0.4 is 5.32 Å². The van der Waals surface area contributed by atoms with Gasteiger partial charge in [-0.3, -0.25) is 14.2 Å². The van der Waals surface area contributed by atoms with Crippen LogP contribution in [0.25, 0.3) is 5.69 Å². The predicted molar refractivity (Wildman–Crippen MR) is 109 cm³/mol.